The van der Waals surface area contributed by atoms with Crippen LogP contribution in [0, 0.1) is 5.92 Å². The van der Waals surface area contributed by atoms with Crippen molar-refractivity contribution in [2.45, 2.75) is 50.9 Å². The average Bonchev–Trinajstić information content (AvgIpc) is 3.44. The predicted octanol–water partition coefficient (Wildman–Crippen LogP) is 3.84. The molecule has 2 aromatic heterocycles. The number of likely N-dealkylation sites (tertiary alicyclic amines) is 1. The van der Waals surface area contributed by atoms with Crippen molar-refractivity contribution in [1.29, 1.82) is 0 Å². The van der Waals surface area contributed by atoms with Crippen molar-refractivity contribution in [2.75, 3.05) is 18.4 Å². The number of piperidine rings is 1. The van der Waals surface area contributed by atoms with Crippen LogP contribution >= 0.6 is 22.7 Å². The Balaban J connectivity index is 1.33. The van der Waals surface area contributed by atoms with Crippen LogP contribution in [0.2, 0.25) is 0 Å². The van der Waals surface area contributed by atoms with Crippen molar-refractivity contribution in [3.05, 3.63) is 32.4 Å². The standard InChI is InChI=1S/C21H26N4O3S2/c22-18(26)17-15(8-11-29-17)23-19(27)16-12-30-20(24-16)13-6-9-25(10-7-13)21(28)14-4-2-1-3-5-14/h8,11-14H,1-7,9-10H2,(H2,22,26)(H,23,27). The quantitative estimate of drug-likeness (QED) is 0.728. The number of aromatic nitrogens is 1. The lowest BCUT2D eigenvalue weighted by Gasteiger charge is -2.34. The summed E-state index contributed by atoms with van der Waals surface area (Å²) in [4.78, 5) is 43.6. The monoisotopic (exact) mass is 446 g/mol. The van der Waals surface area contributed by atoms with Gasteiger partial charge in [0.2, 0.25) is 5.91 Å². The third-order valence-corrected chi connectivity index (χ3v) is 7.94. The van der Waals surface area contributed by atoms with E-state index in [0.717, 1.165) is 43.8 Å². The molecule has 3 amide bonds. The van der Waals surface area contributed by atoms with Crippen molar-refractivity contribution >= 4 is 46.1 Å². The van der Waals surface area contributed by atoms with E-state index in [1.165, 1.54) is 41.9 Å². The first kappa shape index (κ1) is 21.0. The van der Waals surface area contributed by atoms with Crippen LogP contribution in [-0.4, -0.2) is 40.7 Å². The number of amides is 3. The topological polar surface area (TPSA) is 105 Å². The highest BCUT2D eigenvalue weighted by atomic mass is 32.1. The largest absolute Gasteiger partial charge is 0.365 e. The van der Waals surface area contributed by atoms with Crippen LogP contribution < -0.4 is 11.1 Å². The Kier molecular flexibility index (Phi) is 6.48. The first-order valence-electron chi connectivity index (χ1n) is 10.5. The van der Waals surface area contributed by atoms with E-state index >= 15 is 0 Å². The number of hydrogen-bond donors (Lipinski definition) is 2. The van der Waals surface area contributed by atoms with Crippen molar-refractivity contribution < 1.29 is 14.4 Å². The zero-order chi connectivity index (χ0) is 21.1. The SMILES string of the molecule is NC(=O)c1sccc1NC(=O)c1csc(C2CCN(C(=O)C3CCCCC3)CC2)n1. The van der Waals surface area contributed by atoms with E-state index in [0.29, 0.717) is 22.2 Å². The summed E-state index contributed by atoms with van der Waals surface area (Å²) in [5.41, 5.74) is 6.10. The van der Waals surface area contributed by atoms with Crippen LogP contribution in [0.15, 0.2) is 16.8 Å². The summed E-state index contributed by atoms with van der Waals surface area (Å²) in [7, 11) is 0. The van der Waals surface area contributed by atoms with Crippen LogP contribution in [0.5, 0.6) is 0 Å². The molecule has 160 valence electrons. The highest BCUT2D eigenvalue weighted by Crippen LogP contribution is 2.33. The van der Waals surface area contributed by atoms with E-state index in [1.54, 1.807) is 16.8 Å². The minimum atomic E-state index is -0.561. The summed E-state index contributed by atoms with van der Waals surface area (Å²) in [6.45, 7) is 1.52. The summed E-state index contributed by atoms with van der Waals surface area (Å²) in [5, 5.41) is 7.12. The van der Waals surface area contributed by atoms with Gasteiger partial charge in [-0.3, -0.25) is 14.4 Å². The van der Waals surface area contributed by atoms with Crippen molar-refractivity contribution in [3.63, 3.8) is 0 Å². The lowest BCUT2D eigenvalue weighted by Crippen LogP contribution is -2.41. The molecule has 1 aliphatic carbocycles. The van der Waals surface area contributed by atoms with Gasteiger partial charge in [-0.05, 0) is 37.1 Å². The molecule has 30 heavy (non-hydrogen) atoms. The maximum atomic E-state index is 12.7. The number of thiazole rings is 1. The first-order valence-corrected chi connectivity index (χ1v) is 12.2. The van der Waals surface area contributed by atoms with E-state index in [2.05, 4.69) is 10.3 Å². The van der Waals surface area contributed by atoms with E-state index in [1.807, 2.05) is 4.90 Å². The Morgan fingerprint density at radius 1 is 1.07 bits per heavy atom. The molecular weight excluding hydrogens is 420 g/mol. The molecule has 0 aromatic carbocycles. The molecule has 9 heteroatoms. The number of carbonyl (C=O) groups is 3. The zero-order valence-corrected chi connectivity index (χ0v) is 18.4. The van der Waals surface area contributed by atoms with Gasteiger partial charge in [0.25, 0.3) is 11.8 Å². The molecule has 0 bridgehead atoms. The molecule has 2 aromatic rings. The number of thiophene rings is 1. The van der Waals surface area contributed by atoms with Gasteiger partial charge in [0.1, 0.15) is 10.6 Å². The highest BCUT2D eigenvalue weighted by Gasteiger charge is 2.30. The molecule has 2 fully saturated rings. The number of primary amides is 1. The molecule has 0 atom stereocenters. The molecule has 1 aliphatic heterocycles. The molecule has 3 N–H and O–H groups in total. The van der Waals surface area contributed by atoms with Crippen LogP contribution in [0.3, 0.4) is 0 Å². The fourth-order valence-corrected chi connectivity index (χ4v) is 5.99. The van der Waals surface area contributed by atoms with Crippen molar-refractivity contribution in [3.8, 4) is 0 Å². The second-order valence-corrected chi connectivity index (χ2v) is 9.79. The Hall–Kier alpha value is -2.26. The van der Waals surface area contributed by atoms with Crippen LogP contribution in [-0.2, 0) is 4.79 Å². The summed E-state index contributed by atoms with van der Waals surface area (Å²) < 4.78 is 0. The fourth-order valence-electron chi connectivity index (χ4n) is 4.32. The minimum Gasteiger partial charge on any atom is -0.365 e. The van der Waals surface area contributed by atoms with E-state index in [9.17, 15) is 14.4 Å². The van der Waals surface area contributed by atoms with Gasteiger partial charge >= 0.3 is 0 Å². The van der Waals surface area contributed by atoms with Gasteiger partial charge in [0.05, 0.1) is 10.7 Å². The number of anilines is 1. The van der Waals surface area contributed by atoms with Gasteiger partial charge in [-0.2, -0.15) is 0 Å². The van der Waals surface area contributed by atoms with E-state index < -0.39 is 5.91 Å². The third kappa shape index (κ3) is 4.57. The highest BCUT2D eigenvalue weighted by molar-refractivity contribution is 7.12. The number of nitrogens with one attached hydrogen (secondary N) is 1. The molecule has 0 spiro atoms. The van der Waals surface area contributed by atoms with Gasteiger partial charge in [0.15, 0.2) is 0 Å². The Labute approximate surface area is 183 Å². The number of nitrogens with two attached hydrogens (primary N) is 1. The molecule has 4 rings (SSSR count). The van der Waals surface area contributed by atoms with Crippen LogP contribution in [0.1, 0.15) is 76.0 Å². The summed E-state index contributed by atoms with van der Waals surface area (Å²) in [5.74, 6) is -0.0902. The number of rotatable bonds is 5. The Morgan fingerprint density at radius 2 is 1.80 bits per heavy atom. The molecular formula is C21H26N4O3S2. The van der Waals surface area contributed by atoms with Gasteiger partial charge in [-0.15, -0.1) is 22.7 Å². The van der Waals surface area contributed by atoms with Crippen LogP contribution in [0.25, 0.3) is 0 Å². The normalized spacial score (nSPS) is 18.3. The van der Waals surface area contributed by atoms with E-state index in [4.69, 9.17) is 5.73 Å². The predicted molar refractivity (Wildman–Crippen MR) is 118 cm³/mol. The second-order valence-electron chi connectivity index (χ2n) is 7.99. The number of carbonyl (C=O) groups excluding carboxylic acids is 3. The van der Waals surface area contributed by atoms with Crippen LogP contribution in [0.4, 0.5) is 5.69 Å². The molecule has 1 saturated carbocycles. The lowest BCUT2D eigenvalue weighted by atomic mass is 9.87. The molecule has 2 aliphatic rings. The summed E-state index contributed by atoms with van der Waals surface area (Å²) in [6.07, 6.45) is 7.41. The van der Waals surface area contributed by atoms with Gasteiger partial charge in [-0.1, -0.05) is 19.3 Å². The van der Waals surface area contributed by atoms with Crippen molar-refractivity contribution in [1.82, 2.24) is 9.88 Å². The smallest absolute Gasteiger partial charge is 0.275 e. The average molecular weight is 447 g/mol. The summed E-state index contributed by atoms with van der Waals surface area (Å²) >= 11 is 2.68. The van der Waals surface area contributed by atoms with Gasteiger partial charge in [0, 0.05) is 30.3 Å². The van der Waals surface area contributed by atoms with Gasteiger partial charge < -0.3 is 16.0 Å². The molecule has 0 unspecified atom stereocenters. The maximum absolute atomic E-state index is 12.7. The molecule has 7 nitrogen and oxygen atoms in total. The maximum Gasteiger partial charge on any atom is 0.275 e. The minimum absolute atomic E-state index is 0.216. The van der Waals surface area contributed by atoms with Gasteiger partial charge in [-0.25, -0.2) is 4.98 Å². The zero-order valence-electron chi connectivity index (χ0n) is 16.8. The van der Waals surface area contributed by atoms with Crippen molar-refractivity contribution in [2.24, 2.45) is 11.7 Å². The third-order valence-electron chi connectivity index (χ3n) is 6.00. The number of nitrogens with zero attached hydrogens (tertiary/aromatic N) is 2. The molecule has 1 saturated heterocycles. The molecule has 0 radical (unpaired) electrons. The second kappa shape index (κ2) is 9.26. The Morgan fingerprint density at radius 3 is 2.50 bits per heavy atom. The Bertz CT molecular complexity index is 924. The fraction of sp³-hybridized carbons (Fsp3) is 0.524. The van der Waals surface area contributed by atoms with E-state index in [-0.39, 0.29) is 17.7 Å². The number of hydrogen-bond acceptors (Lipinski definition) is 6. The lowest BCUT2D eigenvalue weighted by molar-refractivity contribution is -0.137. The first-order chi connectivity index (χ1) is 14.5. The summed E-state index contributed by atoms with van der Waals surface area (Å²) in [6, 6.07) is 1.66. The molecule has 3 heterocycles.